The number of carbonyl (C=O) groups is 1. The van der Waals surface area contributed by atoms with Crippen molar-refractivity contribution in [2.75, 3.05) is 6.54 Å². The average molecular weight is 330 g/mol. The van der Waals surface area contributed by atoms with Gasteiger partial charge in [0.05, 0.1) is 17.3 Å². The fourth-order valence-electron chi connectivity index (χ4n) is 3.03. The SMILES string of the molecule is CC(C)c1noc(C2CCCCN2Cc2ncccc2C(=O)O)n1. The molecule has 2 aromatic rings. The van der Waals surface area contributed by atoms with Crippen molar-refractivity contribution in [2.45, 2.75) is 51.6 Å². The molecule has 0 bridgehead atoms. The van der Waals surface area contributed by atoms with Gasteiger partial charge in [-0.05, 0) is 31.5 Å². The lowest BCUT2D eigenvalue weighted by molar-refractivity contribution is 0.0689. The lowest BCUT2D eigenvalue weighted by Gasteiger charge is -2.33. The monoisotopic (exact) mass is 330 g/mol. The first-order valence-electron chi connectivity index (χ1n) is 8.31. The Morgan fingerprint density at radius 3 is 3.00 bits per heavy atom. The molecular formula is C17H22N4O3. The van der Waals surface area contributed by atoms with Crippen LogP contribution in [-0.4, -0.2) is 37.6 Å². The Morgan fingerprint density at radius 1 is 1.46 bits per heavy atom. The van der Waals surface area contributed by atoms with Crippen LogP contribution in [0.15, 0.2) is 22.9 Å². The Balaban J connectivity index is 1.83. The maximum Gasteiger partial charge on any atom is 0.337 e. The summed E-state index contributed by atoms with van der Waals surface area (Å²) in [5.74, 6) is 0.589. The molecule has 128 valence electrons. The maximum atomic E-state index is 11.4. The van der Waals surface area contributed by atoms with Gasteiger partial charge >= 0.3 is 5.97 Å². The number of hydrogen-bond acceptors (Lipinski definition) is 6. The first kappa shape index (κ1) is 16.6. The van der Waals surface area contributed by atoms with Gasteiger partial charge in [-0.1, -0.05) is 25.4 Å². The van der Waals surface area contributed by atoms with E-state index in [1.165, 1.54) is 0 Å². The fourth-order valence-corrected chi connectivity index (χ4v) is 3.03. The molecule has 7 nitrogen and oxygen atoms in total. The molecule has 1 unspecified atom stereocenters. The minimum atomic E-state index is -0.952. The van der Waals surface area contributed by atoms with Crippen molar-refractivity contribution in [2.24, 2.45) is 0 Å². The summed E-state index contributed by atoms with van der Waals surface area (Å²) in [7, 11) is 0. The molecule has 1 atom stereocenters. The van der Waals surface area contributed by atoms with Crippen LogP contribution in [0.5, 0.6) is 0 Å². The summed E-state index contributed by atoms with van der Waals surface area (Å²) in [5, 5.41) is 13.4. The van der Waals surface area contributed by atoms with Crippen molar-refractivity contribution in [3.05, 3.63) is 41.3 Å². The fraction of sp³-hybridized carbons (Fsp3) is 0.529. The lowest BCUT2D eigenvalue weighted by atomic mass is 10.0. The molecule has 0 saturated carbocycles. The van der Waals surface area contributed by atoms with Crippen molar-refractivity contribution in [1.82, 2.24) is 20.0 Å². The highest BCUT2D eigenvalue weighted by atomic mass is 16.5. The first-order valence-corrected chi connectivity index (χ1v) is 8.31. The molecule has 3 heterocycles. The van der Waals surface area contributed by atoms with E-state index in [1.807, 2.05) is 13.8 Å². The highest BCUT2D eigenvalue weighted by Crippen LogP contribution is 2.32. The third-order valence-electron chi connectivity index (χ3n) is 4.35. The van der Waals surface area contributed by atoms with Gasteiger partial charge in [0.1, 0.15) is 0 Å². The average Bonchev–Trinajstić information content (AvgIpc) is 3.06. The van der Waals surface area contributed by atoms with E-state index < -0.39 is 5.97 Å². The van der Waals surface area contributed by atoms with Crippen LogP contribution >= 0.6 is 0 Å². The summed E-state index contributed by atoms with van der Waals surface area (Å²) < 4.78 is 5.47. The highest BCUT2D eigenvalue weighted by Gasteiger charge is 2.30. The largest absolute Gasteiger partial charge is 0.478 e. The molecule has 0 spiro atoms. The van der Waals surface area contributed by atoms with Crippen LogP contribution in [0.1, 0.15) is 72.8 Å². The molecule has 0 aromatic carbocycles. The highest BCUT2D eigenvalue weighted by molar-refractivity contribution is 5.88. The summed E-state index contributed by atoms with van der Waals surface area (Å²) in [6.45, 7) is 5.38. The van der Waals surface area contributed by atoms with Crippen LogP contribution in [0.3, 0.4) is 0 Å². The number of rotatable bonds is 5. The van der Waals surface area contributed by atoms with Gasteiger partial charge in [-0.2, -0.15) is 4.98 Å². The Bertz CT molecular complexity index is 713. The van der Waals surface area contributed by atoms with Crippen molar-refractivity contribution in [3.63, 3.8) is 0 Å². The summed E-state index contributed by atoms with van der Waals surface area (Å²) in [6, 6.07) is 3.25. The first-order chi connectivity index (χ1) is 11.6. The topological polar surface area (TPSA) is 92.4 Å². The van der Waals surface area contributed by atoms with Gasteiger partial charge in [0.2, 0.25) is 5.89 Å². The summed E-state index contributed by atoms with van der Waals surface area (Å²) in [4.78, 5) is 22.4. The number of aromatic nitrogens is 3. The van der Waals surface area contributed by atoms with E-state index in [2.05, 4.69) is 20.0 Å². The second kappa shape index (κ2) is 7.09. The van der Waals surface area contributed by atoms with Crippen LogP contribution in [-0.2, 0) is 6.54 Å². The third kappa shape index (κ3) is 3.46. The van der Waals surface area contributed by atoms with E-state index in [9.17, 15) is 9.90 Å². The van der Waals surface area contributed by atoms with Gasteiger partial charge in [0.25, 0.3) is 0 Å². The van der Waals surface area contributed by atoms with Gasteiger partial charge in [0.15, 0.2) is 5.82 Å². The van der Waals surface area contributed by atoms with Crippen LogP contribution in [0.25, 0.3) is 0 Å². The molecule has 1 aliphatic rings. The predicted molar refractivity (Wildman–Crippen MR) is 86.6 cm³/mol. The number of likely N-dealkylation sites (tertiary alicyclic amines) is 1. The normalized spacial score (nSPS) is 18.9. The molecule has 0 amide bonds. The summed E-state index contributed by atoms with van der Waals surface area (Å²) >= 11 is 0. The van der Waals surface area contributed by atoms with Gasteiger partial charge in [0, 0.05) is 18.7 Å². The Hall–Kier alpha value is -2.28. The second-order valence-corrected chi connectivity index (χ2v) is 6.43. The smallest absolute Gasteiger partial charge is 0.337 e. The minimum Gasteiger partial charge on any atom is -0.478 e. The van der Waals surface area contributed by atoms with Crippen LogP contribution in [0.2, 0.25) is 0 Å². The zero-order valence-electron chi connectivity index (χ0n) is 14.0. The third-order valence-corrected chi connectivity index (χ3v) is 4.35. The van der Waals surface area contributed by atoms with E-state index in [1.54, 1.807) is 18.3 Å². The number of hydrogen-bond donors (Lipinski definition) is 1. The van der Waals surface area contributed by atoms with Crippen LogP contribution in [0.4, 0.5) is 0 Å². The summed E-state index contributed by atoms with van der Waals surface area (Å²) in [5.41, 5.74) is 0.815. The Morgan fingerprint density at radius 2 is 2.29 bits per heavy atom. The number of pyridine rings is 1. The van der Waals surface area contributed by atoms with Gasteiger partial charge in [-0.15, -0.1) is 0 Å². The van der Waals surface area contributed by atoms with Gasteiger partial charge in [-0.25, -0.2) is 4.79 Å². The number of piperidine rings is 1. The van der Waals surface area contributed by atoms with Crippen molar-refractivity contribution >= 4 is 5.97 Å². The Kier molecular flexibility index (Phi) is 4.89. The predicted octanol–water partition coefficient (Wildman–Crippen LogP) is 3.01. The van der Waals surface area contributed by atoms with Crippen molar-refractivity contribution in [3.8, 4) is 0 Å². The molecule has 1 N–H and O–H groups in total. The minimum absolute atomic E-state index is 0.0161. The second-order valence-electron chi connectivity index (χ2n) is 6.43. The number of carboxylic acids is 1. The zero-order valence-corrected chi connectivity index (χ0v) is 14.0. The van der Waals surface area contributed by atoms with E-state index in [0.29, 0.717) is 24.0 Å². The van der Waals surface area contributed by atoms with Crippen LogP contribution < -0.4 is 0 Å². The van der Waals surface area contributed by atoms with Crippen LogP contribution in [0, 0.1) is 0 Å². The van der Waals surface area contributed by atoms with Gasteiger partial charge < -0.3 is 9.63 Å². The molecule has 0 aliphatic carbocycles. The van der Waals surface area contributed by atoms with E-state index in [4.69, 9.17) is 4.52 Å². The molecule has 1 fully saturated rings. The molecule has 2 aromatic heterocycles. The molecule has 3 rings (SSSR count). The van der Waals surface area contributed by atoms with Crippen molar-refractivity contribution < 1.29 is 14.4 Å². The van der Waals surface area contributed by atoms with Crippen molar-refractivity contribution in [1.29, 1.82) is 0 Å². The molecular weight excluding hydrogens is 308 g/mol. The zero-order chi connectivity index (χ0) is 17.1. The van der Waals surface area contributed by atoms with E-state index in [-0.39, 0.29) is 17.5 Å². The molecule has 1 saturated heterocycles. The lowest BCUT2D eigenvalue weighted by Crippen LogP contribution is -2.34. The molecule has 24 heavy (non-hydrogen) atoms. The number of nitrogens with zero attached hydrogens (tertiary/aromatic N) is 4. The molecule has 7 heteroatoms. The van der Waals surface area contributed by atoms with Gasteiger partial charge in [-0.3, -0.25) is 9.88 Å². The Labute approximate surface area is 140 Å². The molecule has 0 radical (unpaired) electrons. The van der Waals surface area contributed by atoms with E-state index >= 15 is 0 Å². The standard InChI is InChI=1S/C17H22N4O3/c1-11(2)15-19-16(24-20-15)14-7-3-4-9-21(14)10-13-12(17(22)23)6-5-8-18-13/h5-6,8,11,14H,3-4,7,9-10H2,1-2H3,(H,22,23). The summed E-state index contributed by atoms with van der Waals surface area (Å²) in [6.07, 6.45) is 4.71. The number of aromatic carboxylic acids is 1. The molecule has 1 aliphatic heterocycles. The quantitative estimate of drug-likeness (QED) is 0.900. The maximum absolute atomic E-state index is 11.4. The number of carboxylic acid groups (broad SMARTS) is 1. The van der Waals surface area contributed by atoms with E-state index in [0.717, 1.165) is 25.8 Å².